The molecule has 0 heterocycles. The molecule has 0 aliphatic heterocycles. The Hall–Kier alpha value is -0.540. The summed E-state index contributed by atoms with van der Waals surface area (Å²) in [5.74, 6) is -1.35. The van der Waals surface area contributed by atoms with Crippen molar-refractivity contribution < 1.29 is 18.0 Å². The third-order valence-electron chi connectivity index (χ3n) is 5.55. The van der Waals surface area contributed by atoms with Gasteiger partial charge in [0, 0.05) is 11.8 Å². The van der Waals surface area contributed by atoms with Gasteiger partial charge in [0.15, 0.2) is 0 Å². The summed E-state index contributed by atoms with van der Waals surface area (Å²) in [4.78, 5) is 12.6. The van der Waals surface area contributed by atoms with Gasteiger partial charge < -0.3 is 0 Å². The second-order valence-corrected chi connectivity index (χ2v) is 6.91. The molecule has 0 saturated heterocycles. The molecule has 0 aromatic rings. The van der Waals surface area contributed by atoms with Crippen LogP contribution in [0.2, 0.25) is 0 Å². The first kappa shape index (κ1) is 15.8. The van der Waals surface area contributed by atoms with Crippen LogP contribution in [0.15, 0.2) is 0 Å². The second kappa shape index (κ2) is 6.07. The van der Waals surface area contributed by atoms with E-state index >= 15 is 0 Å². The van der Waals surface area contributed by atoms with Gasteiger partial charge in [-0.1, -0.05) is 26.7 Å². The van der Waals surface area contributed by atoms with E-state index in [1.54, 1.807) is 0 Å². The van der Waals surface area contributed by atoms with Crippen LogP contribution in [0.5, 0.6) is 0 Å². The fourth-order valence-electron chi connectivity index (χ4n) is 3.97. The number of hydrogen-bond donors (Lipinski definition) is 0. The molecule has 2 saturated carbocycles. The van der Waals surface area contributed by atoms with E-state index in [9.17, 15) is 18.0 Å². The smallest absolute Gasteiger partial charge is 0.299 e. The highest BCUT2D eigenvalue weighted by molar-refractivity contribution is 5.84. The van der Waals surface area contributed by atoms with E-state index in [1.165, 1.54) is 0 Å². The number of rotatable bonds is 2. The largest absolute Gasteiger partial charge is 0.392 e. The Morgan fingerprint density at radius 3 is 2.20 bits per heavy atom. The van der Waals surface area contributed by atoms with Gasteiger partial charge in [-0.25, -0.2) is 0 Å². The lowest BCUT2D eigenvalue weighted by Crippen LogP contribution is -2.41. The average molecular weight is 290 g/mol. The fraction of sp³-hybridized carbons (Fsp3) is 0.938. The topological polar surface area (TPSA) is 17.1 Å². The highest BCUT2D eigenvalue weighted by Gasteiger charge is 2.49. The van der Waals surface area contributed by atoms with Crippen LogP contribution >= 0.6 is 0 Å². The van der Waals surface area contributed by atoms with E-state index < -0.39 is 18.0 Å². The molecular formula is C16H25F3O. The van der Waals surface area contributed by atoms with Crippen molar-refractivity contribution in [1.82, 2.24) is 0 Å². The van der Waals surface area contributed by atoms with Crippen molar-refractivity contribution in [3.63, 3.8) is 0 Å². The molecule has 0 spiro atoms. The maximum Gasteiger partial charge on any atom is 0.392 e. The van der Waals surface area contributed by atoms with Crippen LogP contribution in [0.4, 0.5) is 13.2 Å². The molecule has 116 valence electrons. The Morgan fingerprint density at radius 2 is 1.60 bits per heavy atom. The van der Waals surface area contributed by atoms with E-state index in [4.69, 9.17) is 0 Å². The summed E-state index contributed by atoms with van der Waals surface area (Å²) in [6.07, 6.45) is 0.261. The van der Waals surface area contributed by atoms with Gasteiger partial charge in [-0.15, -0.1) is 0 Å². The standard InChI is InChI=1S/C16H25F3O/c1-10-7-8-12(9-11(10)2)15(20)13-5-3-4-6-14(13)16(17,18)19/h10-14H,3-9H2,1-2H3. The molecule has 2 aliphatic carbocycles. The van der Waals surface area contributed by atoms with Crippen molar-refractivity contribution in [3.8, 4) is 0 Å². The maximum absolute atomic E-state index is 13.1. The zero-order valence-corrected chi connectivity index (χ0v) is 12.4. The van der Waals surface area contributed by atoms with Crippen molar-refractivity contribution in [1.29, 1.82) is 0 Å². The van der Waals surface area contributed by atoms with Crippen LogP contribution in [0.3, 0.4) is 0 Å². The molecular weight excluding hydrogens is 265 g/mol. The SMILES string of the molecule is CC1CCC(C(=O)C2CCCCC2C(F)(F)F)CC1C. The summed E-state index contributed by atoms with van der Waals surface area (Å²) >= 11 is 0. The maximum atomic E-state index is 13.1. The van der Waals surface area contributed by atoms with E-state index in [0.717, 1.165) is 25.7 Å². The molecule has 0 bridgehead atoms. The predicted octanol–water partition coefficient (Wildman–Crippen LogP) is 5.00. The minimum atomic E-state index is -4.21. The van der Waals surface area contributed by atoms with Crippen molar-refractivity contribution in [2.75, 3.05) is 0 Å². The molecule has 2 aliphatic rings. The lowest BCUT2D eigenvalue weighted by molar-refractivity contribution is -0.199. The van der Waals surface area contributed by atoms with Gasteiger partial charge >= 0.3 is 6.18 Å². The van der Waals surface area contributed by atoms with Gasteiger partial charge in [0.25, 0.3) is 0 Å². The summed E-state index contributed by atoms with van der Waals surface area (Å²) in [7, 11) is 0. The van der Waals surface area contributed by atoms with Crippen molar-refractivity contribution in [3.05, 3.63) is 0 Å². The van der Waals surface area contributed by atoms with Crippen molar-refractivity contribution in [2.45, 2.75) is 65.0 Å². The first-order valence-corrected chi connectivity index (χ1v) is 7.91. The number of alkyl halides is 3. The van der Waals surface area contributed by atoms with Crippen molar-refractivity contribution in [2.24, 2.45) is 29.6 Å². The molecule has 0 N–H and O–H groups in total. The molecule has 4 heteroatoms. The van der Waals surface area contributed by atoms with Crippen LogP contribution in [0.1, 0.15) is 58.8 Å². The number of ketones is 1. The first-order valence-electron chi connectivity index (χ1n) is 7.91. The molecule has 20 heavy (non-hydrogen) atoms. The molecule has 0 aromatic carbocycles. The number of halogens is 3. The average Bonchev–Trinajstić information content (AvgIpc) is 2.40. The highest BCUT2D eigenvalue weighted by atomic mass is 19.4. The summed E-state index contributed by atoms with van der Waals surface area (Å²) in [5, 5.41) is 0. The summed E-state index contributed by atoms with van der Waals surface area (Å²) in [5.41, 5.74) is 0. The predicted molar refractivity (Wildman–Crippen MR) is 72.2 cm³/mol. The minimum Gasteiger partial charge on any atom is -0.299 e. The third kappa shape index (κ3) is 3.37. The van der Waals surface area contributed by atoms with Gasteiger partial charge in [0.1, 0.15) is 5.78 Å². The van der Waals surface area contributed by atoms with Crippen LogP contribution in [0, 0.1) is 29.6 Å². The van der Waals surface area contributed by atoms with E-state index in [-0.39, 0.29) is 18.1 Å². The Morgan fingerprint density at radius 1 is 0.950 bits per heavy atom. The van der Waals surface area contributed by atoms with Crippen LogP contribution < -0.4 is 0 Å². The zero-order chi connectivity index (χ0) is 14.9. The summed E-state index contributed by atoms with van der Waals surface area (Å²) < 4.78 is 39.3. The van der Waals surface area contributed by atoms with Crippen molar-refractivity contribution >= 4 is 5.78 Å². The van der Waals surface area contributed by atoms with Gasteiger partial charge in [0.05, 0.1) is 5.92 Å². The second-order valence-electron chi connectivity index (χ2n) is 6.91. The normalized spacial score (nSPS) is 39.5. The molecule has 2 rings (SSSR count). The van der Waals surface area contributed by atoms with E-state index in [0.29, 0.717) is 24.7 Å². The van der Waals surface area contributed by atoms with Crippen LogP contribution in [-0.4, -0.2) is 12.0 Å². The number of Topliss-reactive ketones (excluding diaryl/α,β-unsaturated/α-hetero) is 1. The van der Waals surface area contributed by atoms with E-state index in [1.807, 2.05) is 0 Å². The number of hydrogen-bond acceptors (Lipinski definition) is 1. The number of carbonyl (C=O) groups excluding carboxylic acids is 1. The van der Waals surface area contributed by atoms with Gasteiger partial charge in [-0.2, -0.15) is 13.2 Å². The molecule has 5 unspecified atom stereocenters. The summed E-state index contributed by atoms with van der Waals surface area (Å²) in [6, 6.07) is 0. The lowest BCUT2D eigenvalue weighted by atomic mass is 9.68. The van der Waals surface area contributed by atoms with Gasteiger partial charge in [-0.05, 0) is 43.9 Å². The van der Waals surface area contributed by atoms with E-state index in [2.05, 4.69) is 13.8 Å². The minimum absolute atomic E-state index is 0.0919. The van der Waals surface area contributed by atoms with Crippen LogP contribution in [-0.2, 0) is 4.79 Å². The Kier molecular flexibility index (Phi) is 4.80. The summed E-state index contributed by atoms with van der Waals surface area (Å²) in [6.45, 7) is 4.29. The Labute approximate surface area is 119 Å². The first-order chi connectivity index (χ1) is 9.30. The zero-order valence-electron chi connectivity index (χ0n) is 12.4. The fourth-order valence-corrected chi connectivity index (χ4v) is 3.97. The molecule has 2 fully saturated rings. The third-order valence-corrected chi connectivity index (χ3v) is 5.55. The molecule has 5 atom stereocenters. The molecule has 0 radical (unpaired) electrons. The Balaban J connectivity index is 2.06. The van der Waals surface area contributed by atoms with Crippen LogP contribution in [0.25, 0.3) is 0 Å². The van der Waals surface area contributed by atoms with Gasteiger partial charge in [0.2, 0.25) is 0 Å². The molecule has 0 amide bonds. The number of carbonyl (C=O) groups is 1. The Bertz CT molecular complexity index is 350. The molecule has 0 aromatic heterocycles. The lowest BCUT2D eigenvalue weighted by Gasteiger charge is -2.37. The highest BCUT2D eigenvalue weighted by Crippen LogP contribution is 2.45. The van der Waals surface area contributed by atoms with Gasteiger partial charge in [-0.3, -0.25) is 4.79 Å². The molecule has 1 nitrogen and oxygen atoms in total. The quantitative estimate of drug-likeness (QED) is 0.699. The monoisotopic (exact) mass is 290 g/mol.